The van der Waals surface area contributed by atoms with Crippen molar-refractivity contribution in [3.8, 4) is 5.75 Å². The van der Waals surface area contributed by atoms with Gasteiger partial charge < -0.3 is 14.8 Å². The van der Waals surface area contributed by atoms with Gasteiger partial charge in [0.2, 0.25) is 0 Å². The minimum absolute atomic E-state index is 0.173. The zero-order valence-electron chi connectivity index (χ0n) is 12.5. The average Bonchev–Trinajstić information content (AvgIpc) is 2.56. The van der Waals surface area contributed by atoms with E-state index in [-0.39, 0.29) is 12.0 Å². The SMILES string of the molecule is COc1ccccc1C(CNC(=O)c1ccc(Cl)cc1)OC. The van der Waals surface area contributed by atoms with Crippen LogP contribution < -0.4 is 10.1 Å². The van der Waals surface area contributed by atoms with Crippen molar-refractivity contribution in [3.63, 3.8) is 0 Å². The van der Waals surface area contributed by atoms with Crippen LogP contribution >= 0.6 is 11.6 Å². The molecular weight excluding hydrogens is 302 g/mol. The Morgan fingerprint density at radius 1 is 1.14 bits per heavy atom. The van der Waals surface area contributed by atoms with Crippen molar-refractivity contribution in [1.29, 1.82) is 0 Å². The fourth-order valence-corrected chi connectivity index (χ4v) is 2.27. The van der Waals surface area contributed by atoms with Gasteiger partial charge in [-0.05, 0) is 30.3 Å². The number of nitrogens with one attached hydrogen (secondary N) is 1. The fourth-order valence-electron chi connectivity index (χ4n) is 2.14. The number of ether oxygens (including phenoxy) is 2. The number of halogens is 1. The zero-order chi connectivity index (χ0) is 15.9. The lowest BCUT2D eigenvalue weighted by Gasteiger charge is -2.19. The maximum absolute atomic E-state index is 12.1. The number of methoxy groups -OCH3 is 2. The molecule has 0 heterocycles. The third-order valence-corrected chi connectivity index (χ3v) is 3.58. The first-order chi connectivity index (χ1) is 10.7. The summed E-state index contributed by atoms with van der Waals surface area (Å²) in [6.07, 6.45) is -0.285. The molecule has 0 aliphatic carbocycles. The molecule has 0 fully saturated rings. The van der Waals surface area contributed by atoms with Gasteiger partial charge in [-0.2, -0.15) is 0 Å². The molecule has 2 aromatic rings. The molecule has 0 spiro atoms. The van der Waals surface area contributed by atoms with Gasteiger partial charge in [0.1, 0.15) is 11.9 Å². The van der Waals surface area contributed by atoms with Gasteiger partial charge in [-0.15, -0.1) is 0 Å². The summed E-state index contributed by atoms with van der Waals surface area (Å²) in [5, 5.41) is 3.45. The molecule has 22 heavy (non-hydrogen) atoms. The zero-order valence-corrected chi connectivity index (χ0v) is 13.3. The smallest absolute Gasteiger partial charge is 0.251 e. The largest absolute Gasteiger partial charge is 0.496 e. The Balaban J connectivity index is 2.04. The molecule has 0 bridgehead atoms. The van der Waals surface area contributed by atoms with E-state index in [1.54, 1.807) is 38.5 Å². The normalized spacial score (nSPS) is 11.8. The van der Waals surface area contributed by atoms with Gasteiger partial charge in [0.25, 0.3) is 5.91 Å². The van der Waals surface area contributed by atoms with E-state index in [9.17, 15) is 4.79 Å². The first kappa shape index (κ1) is 16.3. The predicted octanol–water partition coefficient (Wildman–Crippen LogP) is 3.47. The van der Waals surface area contributed by atoms with E-state index in [0.717, 1.165) is 11.3 Å². The number of carbonyl (C=O) groups excluding carboxylic acids is 1. The lowest BCUT2D eigenvalue weighted by molar-refractivity contribution is 0.0819. The monoisotopic (exact) mass is 319 g/mol. The third-order valence-electron chi connectivity index (χ3n) is 3.32. The Hall–Kier alpha value is -2.04. The summed E-state index contributed by atoms with van der Waals surface area (Å²) in [7, 11) is 3.21. The maximum atomic E-state index is 12.1. The number of hydrogen-bond acceptors (Lipinski definition) is 3. The molecule has 4 nitrogen and oxygen atoms in total. The van der Waals surface area contributed by atoms with Crippen LogP contribution in [-0.4, -0.2) is 26.7 Å². The Bertz CT molecular complexity index is 628. The molecule has 0 aliphatic heterocycles. The third kappa shape index (κ3) is 4.00. The van der Waals surface area contributed by atoms with Crippen LogP contribution in [0, 0.1) is 0 Å². The molecule has 1 unspecified atom stereocenters. The quantitative estimate of drug-likeness (QED) is 0.887. The van der Waals surface area contributed by atoms with Crippen molar-refractivity contribution in [2.24, 2.45) is 0 Å². The van der Waals surface area contributed by atoms with Crippen molar-refractivity contribution < 1.29 is 14.3 Å². The number of hydrogen-bond donors (Lipinski definition) is 1. The van der Waals surface area contributed by atoms with Crippen LogP contribution in [-0.2, 0) is 4.74 Å². The van der Waals surface area contributed by atoms with Crippen LogP contribution in [0.2, 0.25) is 5.02 Å². The summed E-state index contributed by atoms with van der Waals surface area (Å²) in [5.41, 5.74) is 1.45. The first-order valence-electron chi connectivity index (χ1n) is 6.85. The topological polar surface area (TPSA) is 47.6 Å². The molecule has 1 amide bonds. The molecular formula is C17H18ClNO3. The van der Waals surface area contributed by atoms with Crippen LogP contribution in [0.1, 0.15) is 22.0 Å². The maximum Gasteiger partial charge on any atom is 0.251 e. The number of para-hydroxylation sites is 1. The first-order valence-corrected chi connectivity index (χ1v) is 7.23. The Kier molecular flexibility index (Phi) is 5.81. The molecule has 0 saturated carbocycles. The molecule has 0 aromatic heterocycles. The Morgan fingerprint density at radius 2 is 1.82 bits per heavy atom. The van der Waals surface area contributed by atoms with Crippen LogP contribution in [0.5, 0.6) is 5.75 Å². The van der Waals surface area contributed by atoms with E-state index in [2.05, 4.69) is 5.32 Å². The van der Waals surface area contributed by atoms with E-state index >= 15 is 0 Å². The van der Waals surface area contributed by atoms with Gasteiger partial charge in [-0.25, -0.2) is 0 Å². The van der Waals surface area contributed by atoms with Crippen LogP contribution in [0.3, 0.4) is 0 Å². The van der Waals surface area contributed by atoms with Crippen molar-refractivity contribution >= 4 is 17.5 Å². The molecule has 1 atom stereocenters. The minimum atomic E-state index is -0.285. The summed E-state index contributed by atoms with van der Waals surface area (Å²) in [6.45, 7) is 0.346. The highest BCUT2D eigenvalue weighted by atomic mass is 35.5. The van der Waals surface area contributed by atoms with E-state index in [4.69, 9.17) is 21.1 Å². The number of carbonyl (C=O) groups is 1. The standard InChI is InChI=1S/C17H18ClNO3/c1-21-15-6-4-3-5-14(15)16(22-2)11-19-17(20)12-7-9-13(18)10-8-12/h3-10,16H,11H2,1-2H3,(H,19,20). The van der Waals surface area contributed by atoms with E-state index < -0.39 is 0 Å². The second-order valence-corrected chi connectivity index (χ2v) is 5.12. The van der Waals surface area contributed by atoms with Crippen LogP contribution in [0.25, 0.3) is 0 Å². The van der Waals surface area contributed by atoms with E-state index in [0.29, 0.717) is 17.1 Å². The lowest BCUT2D eigenvalue weighted by Crippen LogP contribution is -2.29. The minimum Gasteiger partial charge on any atom is -0.496 e. The molecule has 0 radical (unpaired) electrons. The van der Waals surface area contributed by atoms with Crippen molar-refractivity contribution in [2.45, 2.75) is 6.10 Å². The van der Waals surface area contributed by atoms with Gasteiger partial charge >= 0.3 is 0 Å². The molecule has 0 aliphatic rings. The molecule has 2 rings (SSSR count). The number of rotatable bonds is 6. The highest BCUT2D eigenvalue weighted by molar-refractivity contribution is 6.30. The molecule has 116 valence electrons. The van der Waals surface area contributed by atoms with Crippen LogP contribution in [0.15, 0.2) is 48.5 Å². The summed E-state index contributed by atoms with van der Waals surface area (Å²) in [6, 6.07) is 14.3. The molecule has 2 aromatic carbocycles. The molecule has 1 N–H and O–H groups in total. The summed E-state index contributed by atoms with van der Waals surface area (Å²) >= 11 is 5.81. The van der Waals surface area contributed by atoms with Crippen molar-refractivity contribution in [2.75, 3.05) is 20.8 Å². The van der Waals surface area contributed by atoms with Crippen molar-refractivity contribution in [3.05, 3.63) is 64.7 Å². The summed E-state index contributed by atoms with van der Waals surface area (Å²) in [4.78, 5) is 12.1. The highest BCUT2D eigenvalue weighted by Gasteiger charge is 2.16. The predicted molar refractivity (Wildman–Crippen MR) is 86.5 cm³/mol. The van der Waals surface area contributed by atoms with Gasteiger partial charge in [-0.1, -0.05) is 29.8 Å². The van der Waals surface area contributed by atoms with Crippen LogP contribution in [0.4, 0.5) is 0 Å². The Labute approximate surface area is 135 Å². The molecule has 0 saturated heterocycles. The van der Waals surface area contributed by atoms with Gasteiger partial charge in [0, 0.05) is 29.8 Å². The summed E-state index contributed by atoms with van der Waals surface area (Å²) in [5.74, 6) is 0.559. The van der Waals surface area contributed by atoms with E-state index in [1.165, 1.54) is 0 Å². The second kappa shape index (κ2) is 7.82. The average molecular weight is 320 g/mol. The summed E-state index contributed by atoms with van der Waals surface area (Å²) < 4.78 is 10.8. The van der Waals surface area contributed by atoms with Crippen molar-refractivity contribution in [1.82, 2.24) is 5.32 Å². The fraction of sp³-hybridized carbons (Fsp3) is 0.235. The number of benzene rings is 2. The van der Waals surface area contributed by atoms with Gasteiger partial charge in [-0.3, -0.25) is 4.79 Å². The van der Waals surface area contributed by atoms with Gasteiger partial charge in [0.05, 0.1) is 7.11 Å². The Morgan fingerprint density at radius 3 is 2.45 bits per heavy atom. The number of amides is 1. The second-order valence-electron chi connectivity index (χ2n) is 4.68. The van der Waals surface area contributed by atoms with Gasteiger partial charge in [0.15, 0.2) is 0 Å². The highest BCUT2D eigenvalue weighted by Crippen LogP contribution is 2.26. The van der Waals surface area contributed by atoms with E-state index in [1.807, 2.05) is 24.3 Å². The lowest BCUT2D eigenvalue weighted by atomic mass is 10.1. The molecule has 5 heteroatoms.